The van der Waals surface area contributed by atoms with Crippen LogP contribution in [-0.2, 0) is 23.1 Å². The van der Waals surface area contributed by atoms with E-state index in [1.165, 1.54) is 11.7 Å². The second kappa shape index (κ2) is 9.73. The Morgan fingerprint density at radius 1 is 1.17 bits per heavy atom. The number of carbonyl (C=O) groups is 1. The van der Waals surface area contributed by atoms with E-state index in [2.05, 4.69) is 4.74 Å². The lowest BCUT2D eigenvalue weighted by atomic mass is 9.96. The first-order chi connectivity index (χ1) is 16.6. The van der Waals surface area contributed by atoms with Gasteiger partial charge in [-0.15, -0.1) is 13.2 Å². The van der Waals surface area contributed by atoms with Crippen LogP contribution in [0.5, 0.6) is 0 Å². The summed E-state index contributed by atoms with van der Waals surface area (Å²) < 4.78 is 50.2. The van der Waals surface area contributed by atoms with Crippen LogP contribution < -0.4 is 5.56 Å². The number of ether oxygens (including phenoxy) is 2. The maximum absolute atomic E-state index is 12.7. The fraction of sp³-hybridized carbons (Fsp3) is 0.458. The summed E-state index contributed by atoms with van der Waals surface area (Å²) in [6, 6.07) is 7.39. The summed E-state index contributed by atoms with van der Waals surface area (Å²) in [5.41, 5.74) is 3.48. The number of likely N-dealkylation sites (tertiary alicyclic amines) is 1. The van der Waals surface area contributed by atoms with E-state index in [1.807, 2.05) is 18.2 Å². The van der Waals surface area contributed by atoms with Crippen LogP contribution in [0.15, 0.2) is 35.3 Å². The molecule has 4 rings (SSSR count). The second-order valence-electron chi connectivity index (χ2n) is 8.68. The summed E-state index contributed by atoms with van der Waals surface area (Å²) in [5, 5.41) is 0. The number of carbonyl (C=O) groups excluding carboxylic acids is 1. The largest absolute Gasteiger partial charge is 0.522 e. The lowest BCUT2D eigenvalue weighted by Crippen LogP contribution is -2.38. The number of methoxy groups -OCH3 is 1. The summed E-state index contributed by atoms with van der Waals surface area (Å²) in [4.78, 5) is 30.3. The molecular formula is C24H27F3N4O4. The number of pyridine rings is 1. The van der Waals surface area contributed by atoms with E-state index in [9.17, 15) is 22.8 Å². The number of hydrogen-bond donors (Lipinski definition) is 0. The van der Waals surface area contributed by atoms with Crippen molar-refractivity contribution in [1.29, 1.82) is 0 Å². The molecule has 0 bridgehead atoms. The van der Waals surface area contributed by atoms with Crippen molar-refractivity contribution in [2.45, 2.75) is 38.6 Å². The molecule has 3 aromatic rings. The van der Waals surface area contributed by atoms with Gasteiger partial charge in [-0.25, -0.2) is 9.78 Å². The van der Waals surface area contributed by atoms with Crippen LogP contribution in [0.3, 0.4) is 0 Å². The molecule has 0 aliphatic carbocycles. The fourth-order valence-electron chi connectivity index (χ4n) is 4.61. The van der Waals surface area contributed by atoms with Gasteiger partial charge in [0, 0.05) is 44.4 Å². The average Bonchev–Trinajstić information content (AvgIpc) is 3.18. The monoisotopic (exact) mass is 492 g/mol. The Bertz CT molecular complexity index is 1260. The van der Waals surface area contributed by atoms with E-state index in [-0.39, 0.29) is 18.0 Å². The van der Waals surface area contributed by atoms with Crippen molar-refractivity contribution in [2.24, 2.45) is 7.05 Å². The number of halogens is 3. The van der Waals surface area contributed by atoms with E-state index in [0.29, 0.717) is 48.4 Å². The lowest BCUT2D eigenvalue weighted by Gasteiger charge is -2.30. The Labute approximate surface area is 199 Å². The number of aryl methyl sites for hydroxylation is 2. The number of benzene rings is 1. The van der Waals surface area contributed by atoms with Crippen LogP contribution in [0, 0.1) is 6.92 Å². The maximum Gasteiger partial charge on any atom is 0.522 e. The third-order valence-electron chi connectivity index (χ3n) is 6.35. The maximum atomic E-state index is 12.7. The number of aromatic nitrogens is 3. The molecule has 35 heavy (non-hydrogen) atoms. The van der Waals surface area contributed by atoms with Gasteiger partial charge < -0.3 is 18.8 Å². The molecule has 1 aliphatic rings. The van der Waals surface area contributed by atoms with Gasteiger partial charge in [0.15, 0.2) is 0 Å². The van der Waals surface area contributed by atoms with Gasteiger partial charge in [0.2, 0.25) is 0 Å². The van der Waals surface area contributed by atoms with Crippen molar-refractivity contribution in [3.05, 3.63) is 52.2 Å². The first kappa shape index (κ1) is 24.8. The van der Waals surface area contributed by atoms with Gasteiger partial charge in [0.1, 0.15) is 5.82 Å². The normalized spacial score (nSPS) is 15.1. The lowest BCUT2D eigenvalue weighted by molar-refractivity contribution is -0.325. The van der Waals surface area contributed by atoms with Gasteiger partial charge in [0.25, 0.3) is 5.56 Å². The third-order valence-corrected chi connectivity index (χ3v) is 6.35. The summed E-state index contributed by atoms with van der Waals surface area (Å²) in [6.45, 7) is 2.11. The number of hydrogen-bond acceptors (Lipinski definition) is 5. The molecule has 11 heteroatoms. The highest BCUT2D eigenvalue weighted by Gasteiger charge is 2.31. The van der Waals surface area contributed by atoms with Crippen molar-refractivity contribution in [3.8, 4) is 11.1 Å². The topological polar surface area (TPSA) is 78.6 Å². The molecule has 0 atom stereocenters. The quantitative estimate of drug-likeness (QED) is 0.534. The number of fused-ring (bicyclic) bond motifs is 1. The molecule has 0 saturated carbocycles. The van der Waals surface area contributed by atoms with Crippen LogP contribution in [0.4, 0.5) is 18.0 Å². The summed E-state index contributed by atoms with van der Waals surface area (Å²) in [5.74, 6) is 0.640. The number of piperidine rings is 1. The van der Waals surface area contributed by atoms with Gasteiger partial charge in [-0.1, -0.05) is 6.07 Å². The van der Waals surface area contributed by atoms with Gasteiger partial charge in [-0.05, 0) is 49.1 Å². The molecule has 3 heterocycles. The predicted molar refractivity (Wildman–Crippen MR) is 123 cm³/mol. The summed E-state index contributed by atoms with van der Waals surface area (Å²) >= 11 is 0. The Morgan fingerprint density at radius 3 is 2.51 bits per heavy atom. The van der Waals surface area contributed by atoms with Gasteiger partial charge in [0.05, 0.1) is 24.8 Å². The highest BCUT2D eigenvalue weighted by molar-refractivity contribution is 5.83. The van der Waals surface area contributed by atoms with E-state index in [0.717, 1.165) is 11.1 Å². The second-order valence-corrected chi connectivity index (χ2v) is 8.68. The highest BCUT2D eigenvalue weighted by Crippen LogP contribution is 2.32. The van der Waals surface area contributed by atoms with Crippen LogP contribution in [-0.4, -0.2) is 58.3 Å². The molecule has 0 radical (unpaired) electrons. The molecule has 0 N–H and O–H groups in total. The van der Waals surface area contributed by atoms with E-state index in [4.69, 9.17) is 9.72 Å². The van der Waals surface area contributed by atoms with Crippen LogP contribution in [0.25, 0.3) is 22.2 Å². The van der Waals surface area contributed by atoms with Crippen molar-refractivity contribution < 1.29 is 27.4 Å². The number of nitrogens with zero attached hydrogens (tertiary/aromatic N) is 4. The van der Waals surface area contributed by atoms with E-state index in [1.54, 1.807) is 35.7 Å². The van der Waals surface area contributed by atoms with Crippen LogP contribution in [0.2, 0.25) is 0 Å². The zero-order valence-electron chi connectivity index (χ0n) is 19.8. The minimum absolute atomic E-state index is 0.0294. The van der Waals surface area contributed by atoms with Crippen molar-refractivity contribution in [1.82, 2.24) is 19.0 Å². The molecule has 1 amide bonds. The third kappa shape index (κ3) is 5.34. The Morgan fingerprint density at radius 2 is 1.89 bits per heavy atom. The zero-order chi connectivity index (χ0) is 25.3. The van der Waals surface area contributed by atoms with Crippen molar-refractivity contribution >= 4 is 17.1 Å². The smallest absolute Gasteiger partial charge is 0.453 e. The Kier molecular flexibility index (Phi) is 6.88. The van der Waals surface area contributed by atoms with Gasteiger partial charge in [-0.2, -0.15) is 0 Å². The van der Waals surface area contributed by atoms with E-state index < -0.39 is 19.1 Å². The van der Waals surface area contributed by atoms with Crippen LogP contribution in [0.1, 0.15) is 30.1 Å². The Balaban J connectivity index is 1.71. The van der Waals surface area contributed by atoms with Gasteiger partial charge in [-0.3, -0.25) is 9.53 Å². The number of rotatable bonds is 5. The van der Waals surface area contributed by atoms with E-state index >= 15 is 0 Å². The number of imidazole rings is 1. The van der Waals surface area contributed by atoms with Gasteiger partial charge >= 0.3 is 12.5 Å². The molecule has 1 aromatic carbocycles. The first-order valence-corrected chi connectivity index (χ1v) is 11.3. The standard InChI is InChI=1S/C24H27F3N4O4/c1-15-12-18(14-29(2)22(15)32)17-4-5-19-20(13-17)31(10-11-35-24(25,26)27)21(28-19)16-6-8-30(9-7-16)23(33)34-3/h4-5,12-14,16H,6-11H2,1-3H3. The predicted octanol–water partition coefficient (Wildman–Crippen LogP) is 4.19. The molecule has 188 valence electrons. The average molecular weight is 492 g/mol. The number of amides is 1. The molecule has 8 nitrogen and oxygen atoms in total. The molecular weight excluding hydrogens is 465 g/mol. The minimum Gasteiger partial charge on any atom is -0.453 e. The Hall–Kier alpha value is -3.34. The molecule has 1 aliphatic heterocycles. The summed E-state index contributed by atoms with van der Waals surface area (Å²) in [6.07, 6.45) is -2.16. The molecule has 2 aromatic heterocycles. The van der Waals surface area contributed by atoms with Crippen molar-refractivity contribution in [3.63, 3.8) is 0 Å². The fourth-order valence-corrected chi connectivity index (χ4v) is 4.61. The SMILES string of the molecule is COC(=O)N1CCC(c2nc3ccc(-c4cc(C)c(=O)n(C)c4)cc3n2CCOC(F)(F)F)CC1. The summed E-state index contributed by atoms with van der Waals surface area (Å²) in [7, 11) is 3.01. The first-order valence-electron chi connectivity index (χ1n) is 11.3. The molecule has 0 unspecified atom stereocenters. The molecule has 0 spiro atoms. The molecule has 1 saturated heterocycles. The zero-order valence-corrected chi connectivity index (χ0v) is 19.8. The minimum atomic E-state index is -4.72. The highest BCUT2D eigenvalue weighted by atomic mass is 19.4. The van der Waals surface area contributed by atoms with Crippen molar-refractivity contribution in [2.75, 3.05) is 26.8 Å². The number of alkyl halides is 3. The molecule has 1 fully saturated rings. The van der Waals surface area contributed by atoms with Crippen LogP contribution >= 0.6 is 0 Å².